The smallest absolute Gasteiger partial charge is 0.227 e. The van der Waals surface area contributed by atoms with Crippen LogP contribution in [0.5, 0.6) is 0 Å². The number of carbonyl (C=O) groups excluding carboxylic acids is 1. The van der Waals surface area contributed by atoms with Crippen LogP contribution in [0.3, 0.4) is 0 Å². The Morgan fingerprint density at radius 1 is 1.64 bits per heavy atom. The molecule has 4 N–H and O–H groups in total. The number of hydrogen-bond donors (Lipinski definition) is 3. The summed E-state index contributed by atoms with van der Waals surface area (Å²) in [5.74, 6) is 0.170. The third-order valence-corrected chi connectivity index (χ3v) is 1.06. The van der Waals surface area contributed by atoms with Crippen LogP contribution < -0.4 is 11.1 Å². The van der Waals surface area contributed by atoms with Crippen molar-refractivity contribution in [2.75, 3.05) is 6.54 Å². The molecule has 0 heterocycles. The first-order valence-corrected chi connectivity index (χ1v) is 3.62. The number of hydrogen-bond acceptors (Lipinski definition) is 2. The van der Waals surface area contributed by atoms with Gasteiger partial charge in [-0.15, -0.1) is 0 Å². The van der Waals surface area contributed by atoms with Gasteiger partial charge in [0.1, 0.15) is 0 Å². The molecule has 0 bridgehead atoms. The summed E-state index contributed by atoms with van der Waals surface area (Å²) in [6, 6.07) is 0. The van der Waals surface area contributed by atoms with Crippen molar-refractivity contribution in [1.29, 1.82) is 5.41 Å². The van der Waals surface area contributed by atoms with Crippen LogP contribution in [-0.2, 0) is 4.79 Å². The van der Waals surface area contributed by atoms with E-state index in [9.17, 15) is 4.79 Å². The van der Waals surface area contributed by atoms with Gasteiger partial charge in [-0.2, -0.15) is 0 Å². The Hall–Kier alpha value is -1.06. The minimum absolute atomic E-state index is 0.00667. The highest BCUT2D eigenvalue weighted by atomic mass is 16.1. The SMILES string of the molecule is CC(C)CNC(=O)CC(=N)N. The molecule has 0 aliphatic carbocycles. The molecule has 0 aromatic heterocycles. The lowest BCUT2D eigenvalue weighted by Crippen LogP contribution is -2.30. The van der Waals surface area contributed by atoms with Gasteiger partial charge < -0.3 is 11.1 Å². The van der Waals surface area contributed by atoms with Crippen molar-refractivity contribution in [2.24, 2.45) is 11.7 Å². The molecule has 0 rings (SSSR count). The third kappa shape index (κ3) is 6.83. The number of amides is 1. The Balaban J connectivity index is 3.46. The van der Waals surface area contributed by atoms with Crippen molar-refractivity contribution >= 4 is 11.7 Å². The number of nitrogens with two attached hydrogens (primary N) is 1. The molecule has 4 heteroatoms. The molecule has 0 aromatic rings. The fraction of sp³-hybridized carbons (Fsp3) is 0.714. The standard InChI is InChI=1S/C7H15N3O/c1-5(2)4-10-7(11)3-6(8)9/h5H,3-4H2,1-2H3,(H3,8,9)(H,10,11). The first-order chi connectivity index (χ1) is 5.02. The van der Waals surface area contributed by atoms with E-state index in [4.69, 9.17) is 11.1 Å². The minimum Gasteiger partial charge on any atom is -0.387 e. The summed E-state index contributed by atoms with van der Waals surface area (Å²) < 4.78 is 0. The molecule has 0 fully saturated rings. The van der Waals surface area contributed by atoms with Gasteiger partial charge >= 0.3 is 0 Å². The van der Waals surface area contributed by atoms with E-state index in [0.717, 1.165) is 0 Å². The molecule has 0 atom stereocenters. The first kappa shape index (κ1) is 9.94. The van der Waals surface area contributed by atoms with Gasteiger partial charge in [0.05, 0.1) is 12.3 Å². The molecule has 0 saturated carbocycles. The highest BCUT2D eigenvalue weighted by Gasteiger charge is 2.02. The number of nitrogens with one attached hydrogen (secondary N) is 2. The molecule has 0 aromatic carbocycles. The second-order valence-electron chi connectivity index (χ2n) is 2.90. The molecule has 0 saturated heterocycles. The second-order valence-corrected chi connectivity index (χ2v) is 2.90. The summed E-state index contributed by atoms with van der Waals surface area (Å²) >= 11 is 0. The topological polar surface area (TPSA) is 79.0 Å². The van der Waals surface area contributed by atoms with Crippen LogP contribution in [0, 0.1) is 11.3 Å². The van der Waals surface area contributed by atoms with E-state index >= 15 is 0 Å². The summed E-state index contributed by atoms with van der Waals surface area (Å²) in [7, 11) is 0. The lowest BCUT2D eigenvalue weighted by atomic mass is 10.2. The molecule has 64 valence electrons. The highest BCUT2D eigenvalue weighted by molar-refractivity contribution is 5.97. The molecular weight excluding hydrogens is 142 g/mol. The van der Waals surface area contributed by atoms with Crippen LogP contribution in [-0.4, -0.2) is 18.3 Å². The lowest BCUT2D eigenvalue weighted by molar-refractivity contribution is -0.120. The van der Waals surface area contributed by atoms with Crippen molar-refractivity contribution in [1.82, 2.24) is 5.32 Å². The van der Waals surface area contributed by atoms with E-state index in [-0.39, 0.29) is 18.2 Å². The molecule has 11 heavy (non-hydrogen) atoms. The summed E-state index contributed by atoms with van der Waals surface area (Å²) in [6.07, 6.45) is 0.00667. The maximum Gasteiger partial charge on any atom is 0.227 e. The first-order valence-electron chi connectivity index (χ1n) is 3.62. The molecule has 0 unspecified atom stereocenters. The molecule has 1 amide bonds. The monoisotopic (exact) mass is 157 g/mol. The normalized spacial score (nSPS) is 9.73. The van der Waals surface area contributed by atoms with Gasteiger partial charge in [-0.05, 0) is 5.92 Å². The largest absolute Gasteiger partial charge is 0.387 e. The van der Waals surface area contributed by atoms with Crippen molar-refractivity contribution in [2.45, 2.75) is 20.3 Å². The number of carbonyl (C=O) groups is 1. The van der Waals surface area contributed by atoms with Crippen LogP contribution >= 0.6 is 0 Å². The van der Waals surface area contributed by atoms with Crippen molar-refractivity contribution in [3.63, 3.8) is 0 Å². The summed E-state index contributed by atoms with van der Waals surface area (Å²) in [4.78, 5) is 10.8. The quantitative estimate of drug-likeness (QED) is 0.399. The van der Waals surface area contributed by atoms with E-state index < -0.39 is 0 Å². The summed E-state index contributed by atoms with van der Waals surface area (Å²) in [6.45, 7) is 4.66. The van der Waals surface area contributed by atoms with Gasteiger partial charge in [0.15, 0.2) is 0 Å². The zero-order valence-corrected chi connectivity index (χ0v) is 6.98. The predicted octanol–water partition coefficient (Wildman–Crippen LogP) is 0.0847. The Kier molecular flexibility index (Phi) is 4.26. The average molecular weight is 157 g/mol. The van der Waals surface area contributed by atoms with Crippen LogP contribution in [0.2, 0.25) is 0 Å². The van der Waals surface area contributed by atoms with Crippen LogP contribution in [0.1, 0.15) is 20.3 Å². The summed E-state index contributed by atoms with van der Waals surface area (Å²) in [5, 5.41) is 9.48. The molecule has 0 radical (unpaired) electrons. The van der Waals surface area contributed by atoms with Gasteiger partial charge in [0.2, 0.25) is 5.91 Å². The van der Waals surface area contributed by atoms with Gasteiger partial charge in [-0.1, -0.05) is 13.8 Å². The predicted molar refractivity (Wildman–Crippen MR) is 44.4 cm³/mol. The van der Waals surface area contributed by atoms with Gasteiger partial charge in [0.25, 0.3) is 0 Å². The fourth-order valence-electron chi connectivity index (χ4n) is 0.553. The molecule has 0 aliphatic heterocycles. The fourth-order valence-corrected chi connectivity index (χ4v) is 0.553. The van der Waals surface area contributed by atoms with Crippen molar-refractivity contribution < 1.29 is 4.79 Å². The molecular formula is C7H15N3O. The number of amidine groups is 1. The maximum absolute atomic E-state index is 10.8. The van der Waals surface area contributed by atoms with E-state index in [1.807, 2.05) is 13.8 Å². The van der Waals surface area contributed by atoms with Crippen molar-refractivity contribution in [3.8, 4) is 0 Å². The van der Waals surface area contributed by atoms with Gasteiger partial charge in [-0.25, -0.2) is 0 Å². The van der Waals surface area contributed by atoms with E-state index in [1.165, 1.54) is 0 Å². The highest BCUT2D eigenvalue weighted by Crippen LogP contribution is 1.87. The van der Waals surface area contributed by atoms with Gasteiger partial charge in [-0.3, -0.25) is 10.2 Å². The Labute approximate surface area is 66.7 Å². The zero-order valence-electron chi connectivity index (χ0n) is 6.98. The Morgan fingerprint density at radius 3 is 2.55 bits per heavy atom. The Bertz CT molecular complexity index is 154. The average Bonchev–Trinajstić information content (AvgIpc) is 1.82. The minimum atomic E-state index is -0.175. The van der Waals surface area contributed by atoms with Crippen molar-refractivity contribution in [3.05, 3.63) is 0 Å². The van der Waals surface area contributed by atoms with E-state index in [1.54, 1.807) is 0 Å². The maximum atomic E-state index is 10.8. The molecule has 0 spiro atoms. The Morgan fingerprint density at radius 2 is 2.18 bits per heavy atom. The zero-order chi connectivity index (χ0) is 8.85. The van der Waals surface area contributed by atoms with Crippen LogP contribution in [0.25, 0.3) is 0 Å². The lowest BCUT2D eigenvalue weighted by Gasteiger charge is -2.06. The van der Waals surface area contributed by atoms with E-state index in [0.29, 0.717) is 12.5 Å². The summed E-state index contributed by atoms with van der Waals surface area (Å²) in [5.41, 5.74) is 5.02. The second kappa shape index (κ2) is 4.71. The van der Waals surface area contributed by atoms with Gasteiger partial charge in [0, 0.05) is 6.54 Å². The van der Waals surface area contributed by atoms with Crippen LogP contribution in [0.15, 0.2) is 0 Å². The van der Waals surface area contributed by atoms with E-state index in [2.05, 4.69) is 5.32 Å². The van der Waals surface area contributed by atoms with Crippen LogP contribution in [0.4, 0.5) is 0 Å². The third-order valence-electron chi connectivity index (χ3n) is 1.06. The molecule has 4 nitrogen and oxygen atoms in total. The number of rotatable bonds is 4. The molecule has 0 aliphatic rings.